The predicted molar refractivity (Wildman–Crippen MR) is 90.1 cm³/mol. The van der Waals surface area contributed by atoms with Crippen LogP contribution in [0.2, 0.25) is 0 Å². The summed E-state index contributed by atoms with van der Waals surface area (Å²) >= 11 is 0.932. The average Bonchev–Trinajstić information content (AvgIpc) is 3.17. The van der Waals surface area contributed by atoms with Crippen LogP contribution in [0, 0.1) is 13.8 Å². The molecule has 0 aromatic carbocycles. The number of ketones is 1. The van der Waals surface area contributed by atoms with Crippen LogP contribution in [0.15, 0.2) is 0 Å². The lowest BCUT2D eigenvalue weighted by Crippen LogP contribution is -2.25. The zero-order valence-corrected chi connectivity index (χ0v) is 15.4. The van der Waals surface area contributed by atoms with Crippen LogP contribution in [0.25, 0.3) is 0 Å². The molecule has 0 aliphatic heterocycles. The Morgan fingerprint density at radius 2 is 1.92 bits per heavy atom. The van der Waals surface area contributed by atoms with Gasteiger partial charge in [-0.25, -0.2) is 9.59 Å². The molecule has 1 N–H and O–H groups in total. The lowest BCUT2D eigenvalue weighted by Gasteiger charge is -2.11. The van der Waals surface area contributed by atoms with Gasteiger partial charge in [0.05, 0.1) is 24.1 Å². The van der Waals surface area contributed by atoms with Gasteiger partial charge in [0.2, 0.25) is 5.78 Å². The van der Waals surface area contributed by atoms with Crippen LogP contribution in [0.4, 0.5) is 0 Å². The van der Waals surface area contributed by atoms with Gasteiger partial charge < -0.3 is 14.5 Å². The van der Waals surface area contributed by atoms with Gasteiger partial charge in [-0.3, -0.25) is 4.79 Å². The first-order chi connectivity index (χ1) is 11.8. The highest BCUT2D eigenvalue weighted by Gasteiger charge is 2.28. The van der Waals surface area contributed by atoms with E-state index in [4.69, 9.17) is 9.47 Å². The SMILES string of the molecule is CCc1nnsc1C(=O)O[C@H](C)C(=O)c1[nH]c(C)c(C(=O)OC)c1C. The standard InChI is InChI=1S/C16H19N3O5S/c1-6-10-14(25-19-18-10)16(22)24-9(4)13(20)12-7(2)11(8(3)17-12)15(21)23-5/h9,17H,6H2,1-5H3/t9-/m1/s1. The minimum Gasteiger partial charge on any atom is -0.465 e. The first-order valence-corrected chi connectivity index (χ1v) is 8.42. The van der Waals surface area contributed by atoms with E-state index in [0.717, 1.165) is 11.5 Å². The molecule has 9 heteroatoms. The fraction of sp³-hybridized carbons (Fsp3) is 0.438. The smallest absolute Gasteiger partial charge is 0.352 e. The molecule has 134 valence electrons. The minimum absolute atomic E-state index is 0.219. The van der Waals surface area contributed by atoms with Crippen LogP contribution in [0.5, 0.6) is 0 Å². The minimum atomic E-state index is -1.03. The number of hydrogen-bond acceptors (Lipinski definition) is 8. The molecular formula is C16H19N3O5S. The molecule has 0 saturated heterocycles. The number of hydrogen-bond donors (Lipinski definition) is 1. The molecule has 1 atom stereocenters. The fourth-order valence-electron chi connectivity index (χ4n) is 2.47. The van der Waals surface area contributed by atoms with Crippen molar-refractivity contribution in [3.05, 3.63) is 33.1 Å². The maximum atomic E-state index is 12.6. The number of carbonyl (C=O) groups excluding carboxylic acids is 3. The van der Waals surface area contributed by atoms with E-state index < -0.39 is 23.8 Å². The van der Waals surface area contributed by atoms with Crippen LogP contribution in [0.3, 0.4) is 0 Å². The van der Waals surface area contributed by atoms with Crippen molar-refractivity contribution in [3.63, 3.8) is 0 Å². The number of aromatic nitrogens is 3. The number of Topliss-reactive ketones (excluding diaryl/α,β-unsaturated/α-hetero) is 1. The third-order valence-corrected chi connectivity index (χ3v) is 4.55. The Hall–Kier alpha value is -2.55. The summed E-state index contributed by atoms with van der Waals surface area (Å²) < 4.78 is 13.7. The van der Waals surface area contributed by atoms with Crippen molar-refractivity contribution in [2.45, 2.75) is 40.2 Å². The zero-order chi connectivity index (χ0) is 18.7. The Kier molecular flexibility index (Phi) is 5.68. The molecule has 0 spiro atoms. The number of rotatable bonds is 6. The second kappa shape index (κ2) is 7.56. The molecule has 0 radical (unpaired) electrons. The van der Waals surface area contributed by atoms with Gasteiger partial charge >= 0.3 is 11.9 Å². The Morgan fingerprint density at radius 1 is 1.24 bits per heavy atom. The summed E-state index contributed by atoms with van der Waals surface area (Å²) in [5.74, 6) is -1.60. The monoisotopic (exact) mass is 365 g/mol. The Morgan fingerprint density at radius 3 is 2.52 bits per heavy atom. The first kappa shape index (κ1) is 18.8. The van der Waals surface area contributed by atoms with Crippen molar-refractivity contribution >= 4 is 29.3 Å². The van der Waals surface area contributed by atoms with Gasteiger partial charge in [0, 0.05) is 5.69 Å². The van der Waals surface area contributed by atoms with E-state index in [2.05, 4.69) is 14.6 Å². The van der Waals surface area contributed by atoms with Crippen LogP contribution in [0.1, 0.15) is 61.3 Å². The van der Waals surface area contributed by atoms with E-state index in [1.54, 1.807) is 13.8 Å². The van der Waals surface area contributed by atoms with Gasteiger partial charge in [0.1, 0.15) is 0 Å². The van der Waals surface area contributed by atoms with Crippen molar-refractivity contribution in [2.75, 3.05) is 7.11 Å². The number of ether oxygens (including phenoxy) is 2. The molecular weight excluding hydrogens is 346 g/mol. The Labute approximate surface area is 148 Å². The second-order valence-corrected chi connectivity index (χ2v) is 6.18. The Balaban J connectivity index is 2.21. The van der Waals surface area contributed by atoms with E-state index in [1.807, 2.05) is 6.92 Å². The van der Waals surface area contributed by atoms with Gasteiger partial charge in [0.15, 0.2) is 11.0 Å². The molecule has 0 unspecified atom stereocenters. The number of aromatic amines is 1. The van der Waals surface area contributed by atoms with Crippen molar-refractivity contribution < 1.29 is 23.9 Å². The van der Waals surface area contributed by atoms with Crippen molar-refractivity contribution in [1.29, 1.82) is 0 Å². The highest BCUT2D eigenvalue weighted by Crippen LogP contribution is 2.21. The van der Waals surface area contributed by atoms with Gasteiger partial charge in [-0.05, 0) is 44.3 Å². The summed E-state index contributed by atoms with van der Waals surface area (Å²) in [7, 11) is 1.27. The third kappa shape index (κ3) is 3.60. The molecule has 0 aliphatic rings. The van der Waals surface area contributed by atoms with Crippen molar-refractivity contribution in [2.24, 2.45) is 0 Å². The van der Waals surface area contributed by atoms with Gasteiger partial charge in [-0.15, -0.1) is 5.10 Å². The summed E-state index contributed by atoms with van der Waals surface area (Å²) in [6.07, 6.45) is -0.484. The number of nitrogens with zero attached hydrogens (tertiary/aromatic N) is 2. The number of methoxy groups -OCH3 is 1. The molecule has 2 rings (SSSR count). The summed E-state index contributed by atoms with van der Waals surface area (Å²) in [6, 6.07) is 0. The summed E-state index contributed by atoms with van der Waals surface area (Å²) in [5, 5.41) is 3.85. The van der Waals surface area contributed by atoms with Crippen LogP contribution >= 0.6 is 11.5 Å². The zero-order valence-electron chi connectivity index (χ0n) is 14.6. The maximum Gasteiger partial charge on any atom is 0.352 e. The molecule has 8 nitrogen and oxygen atoms in total. The van der Waals surface area contributed by atoms with Crippen LogP contribution in [-0.2, 0) is 15.9 Å². The molecule has 2 aromatic heterocycles. The van der Waals surface area contributed by atoms with Crippen molar-refractivity contribution in [1.82, 2.24) is 14.6 Å². The number of aryl methyl sites for hydroxylation is 2. The summed E-state index contributed by atoms with van der Waals surface area (Å²) in [5.41, 5.74) is 2.05. The molecule has 25 heavy (non-hydrogen) atoms. The summed E-state index contributed by atoms with van der Waals surface area (Å²) in [4.78, 5) is 39.8. The molecule has 0 bridgehead atoms. The van der Waals surface area contributed by atoms with E-state index in [0.29, 0.717) is 28.9 Å². The van der Waals surface area contributed by atoms with Gasteiger partial charge in [0.25, 0.3) is 0 Å². The maximum absolute atomic E-state index is 12.6. The number of esters is 2. The topological polar surface area (TPSA) is 111 Å². The third-order valence-electron chi connectivity index (χ3n) is 3.80. The second-order valence-electron chi connectivity index (χ2n) is 5.43. The van der Waals surface area contributed by atoms with E-state index in [1.165, 1.54) is 14.0 Å². The molecule has 2 aromatic rings. The van der Waals surface area contributed by atoms with E-state index >= 15 is 0 Å². The Bertz CT molecular complexity index is 824. The first-order valence-electron chi connectivity index (χ1n) is 7.65. The normalized spacial score (nSPS) is 11.9. The van der Waals surface area contributed by atoms with Gasteiger partial charge in [-0.2, -0.15) is 0 Å². The molecule has 0 fully saturated rings. The van der Waals surface area contributed by atoms with Gasteiger partial charge in [-0.1, -0.05) is 11.4 Å². The molecule has 0 amide bonds. The lowest BCUT2D eigenvalue weighted by atomic mass is 10.1. The quantitative estimate of drug-likeness (QED) is 0.617. The lowest BCUT2D eigenvalue weighted by molar-refractivity contribution is 0.0320. The number of nitrogens with one attached hydrogen (secondary N) is 1. The average molecular weight is 365 g/mol. The number of H-pyrrole nitrogens is 1. The fourth-order valence-corrected chi connectivity index (χ4v) is 3.10. The van der Waals surface area contributed by atoms with Crippen LogP contribution < -0.4 is 0 Å². The van der Waals surface area contributed by atoms with Crippen LogP contribution in [-0.4, -0.2) is 45.5 Å². The molecule has 2 heterocycles. The molecule has 0 aliphatic carbocycles. The molecule has 0 saturated carbocycles. The van der Waals surface area contributed by atoms with Crippen molar-refractivity contribution in [3.8, 4) is 0 Å². The number of carbonyl (C=O) groups is 3. The van der Waals surface area contributed by atoms with E-state index in [9.17, 15) is 14.4 Å². The summed E-state index contributed by atoms with van der Waals surface area (Å²) in [6.45, 7) is 6.64. The highest BCUT2D eigenvalue weighted by molar-refractivity contribution is 7.07. The largest absolute Gasteiger partial charge is 0.465 e. The van der Waals surface area contributed by atoms with E-state index in [-0.39, 0.29) is 10.6 Å². The highest BCUT2D eigenvalue weighted by atomic mass is 32.1. The predicted octanol–water partition coefficient (Wildman–Crippen LogP) is 2.26.